The third-order valence-corrected chi connectivity index (χ3v) is 4.90. The molecular formula is C16H18N2O2S. The summed E-state index contributed by atoms with van der Waals surface area (Å²) in [4.78, 5) is 26.8. The fourth-order valence-electron chi connectivity index (χ4n) is 3.64. The van der Waals surface area contributed by atoms with E-state index in [9.17, 15) is 9.59 Å². The number of carbonyl (C=O) groups excluding carboxylic acids is 2. The molecule has 0 bridgehead atoms. The largest absolute Gasteiger partial charge is 0.389 e. The monoisotopic (exact) mass is 302 g/mol. The number of carbonyl (C=O) groups is 2. The maximum Gasteiger partial charge on any atom is 0.240 e. The quantitative estimate of drug-likeness (QED) is 0.673. The Morgan fingerprint density at radius 3 is 2.57 bits per heavy atom. The summed E-state index contributed by atoms with van der Waals surface area (Å²) in [6.45, 7) is 1.88. The molecule has 3 rings (SSSR count). The van der Waals surface area contributed by atoms with Gasteiger partial charge < -0.3 is 5.73 Å². The van der Waals surface area contributed by atoms with Crippen molar-refractivity contribution in [1.29, 1.82) is 0 Å². The zero-order valence-electron chi connectivity index (χ0n) is 12.0. The van der Waals surface area contributed by atoms with Crippen LogP contribution < -0.4 is 10.6 Å². The molecule has 2 fully saturated rings. The lowest BCUT2D eigenvalue weighted by Gasteiger charge is -2.23. The number of rotatable bonds is 2. The summed E-state index contributed by atoms with van der Waals surface area (Å²) in [5.41, 5.74) is 7.38. The third-order valence-electron chi connectivity index (χ3n) is 4.69. The summed E-state index contributed by atoms with van der Waals surface area (Å²) in [5, 5.41) is 0. The van der Waals surface area contributed by atoms with E-state index < -0.39 is 5.41 Å². The predicted octanol–water partition coefficient (Wildman–Crippen LogP) is 2.45. The van der Waals surface area contributed by atoms with Crippen molar-refractivity contribution >= 4 is 34.7 Å². The van der Waals surface area contributed by atoms with Gasteiger partial charge in [0.05, 0.1) is 11.1 Å². The van der Waals surface area contributed by atoms with Gasteiger partial charge >= 0.3 is 0 Å². The second-order valence-electron chi connectivity index (χ2n) is 6.03. The van der Waals surface area contributed by atoms with E-state index in [-0.39, 0.29) is 16.8 Å². The van der Waals surface area contributed by atoms with Crippen molar-refractivity contribution in [3.05, 3.63) is 29.3 Å². The van der Waals surface area contributed by atoms with Gasteiger partial charge in [-0.05, 0) is 31.4 Å². The van der Waals surface area contributed by atoms with Crippen molar-refractivity contribution < 1.29 is 9.59 Å². The number of amides is 2. The Bertz CT molecular complexity index is 648. The van der Waals surface area contributed by atoms with Crippen molar-refractivity contribution in [2.45, 2.75) is 39.0 Å². The van der Waals surface area contributed by atoms with Crippen LogP contribution in [0.2, 0.25) is 0 Å². The summed E-state index contributed by atoms with van der Waals surface area (Å²) >= 11 is 5.10. The molecule has 21 heavy (non-hydrogen) atoms. The molecule has 1 aromatic rings. The van der Waals surface area contributed by atoms with Gasteiger partial charge in [0.25, 0.3) is 0 Å². The smallest absolute Gasteiger partial charge is 0.240 e. The molecule has 1 aliphatic carbocycles. The Balaban J connectivity index is 2.09. The summed E-state index contributed by atoms with van der Waals surface area (Å²) in [6, 6.07) is 5.46. The fourth-order valence-corrected chi connectivity index (χ4v) is 3.91. The minimum absolute atomic E-state index is 0.0758. The lowest BCUT2D eigenvalue weighted by atomic mass is 9.84. The molecule has 1 saturated carbocycles. The third kappa shape index (κ3) is 2.07. The highest BCUT2D eigenvalue weighted by molar-refractivity contribution is 7.80. The highest BCUT2D eigenvalue weighted by atomic mass is 32.1. The molecule has 4 nitrogen and oxygen atoms in total. The summed E-state index contributed by atoms with van der Waals surface area (Å²) < 4.78 is 0. The molecule has 2 amide bonds. The van der Waals surface area contributed by atoms with E-state index in [0.717, 1.165) is 31.2 Å². The Labute approximate surface area is 129 Å². The fraction of sp³-hybridized carbons (Fsp3) is 0.438. The maximum atomic E-state index is 12.8. The zero-order chi connectivity index (χ0) is 15.2. The average molecular weight is 302 g/mol. The van der Waals surface area contributed by atoms with Crippen molar-refractivity contribution in [3.8, 4) is 0 Å². The van der Waals surface area contributed by atoms with Crippen LogP contribution in [-0.2, 0) is 9.59 Å². The van der Waals surface area contributed by atoms with E-state index in [4.69, 9.17) is 18.0 Å². The highest BCUT2D eigenvalue weighted by Gasteiger charge is 2.53. The predicted molar refractivity (Wildman–Crippen MR) is 85.1 cm³/mol. The standard InChI is InChI=1S/C16H18N2O2S/c1-10-5-4-6-11(13(10)14(17)21)18-12(19)9-16(15(18)20)7-2-3-8-16/h4-6H,2-3,7-9H2,1H3,(H2,17,21). The van der Waals surface area contributed by atoms with Crippen molar-refractivity contribution in [1.82, 2.24) is 0 Å². The first-order chi connectivity index (χ1) is 9.96. The molecule has 5 heteroatoms. The zero-order valence-corrected chi connectivity index (χ0v) is 12.8. The first-order valence-corrected chi connectivity index (χ1v) is 7.64. The van der Waals surface area contributed by atoms with Gasteiger partial charge in [0, 0.05) is 12.0 Å². The normalized spacial score (nSPS) is 20.5. The van der Waals surface area contributed by atoms with Crippen LogP contribution >= 0.6 is 12.2 Å². The molecule has 1 saturated heterocycles. The molecule has 0 unspecified atom stereocenters. The molecule has 1 aliphatic heterocycles. The average Bonchev–Trinajstić information content (AvgIpc) is 2.96. The van der Waals surface area contributed by atoms with E-state index in [2.05, 4.69) is 0 Å². The topological polar surface area (TPSA) is 63.4 Å². The lowest BCUT2D eigenvalue weighted by molar-refractivity contribution is -0.125. The molecule has 110 valence electrons. The summed E-state index contributed by atoms with van der Waals surface area (Å²) in [7, 11) is 0. The first-order valence-electron chi connectivity index (χ1n) is 7.23. The van der Waals surface area contributed by atoms with Crippen LogP contribution in [0.15, 0.2) is 18.2 Å². The maximum absolute atomic E-state index is 12.8. The van der Waals surface area contributed by atoms with Gasteiger partial charge in [-0.3, -0.25) is 9.59 Å². The number of nitrogens with zero attached hydrogens (tertiary/aromatic N) is 1. The first kappa shape index (κ1) is 14.2. The summed E-state index contributed by atoms with van der Waals surface area (Å²) in [5.74, 6) is -0.210. The molecule has 0 aromatic heterocycles. The van der Waals surface area contributed by atoms with Crippen LogP contribution in [0.3, 0.4) is 0 Å². The molecule has 2 aliphatic rings. The van der Waals surface area contributed by atoms with Crippen LogP contribution in [0.4, 0.5) is 5.69 Å². The van der Waals surface area contributed by atoms with Gasteiger partial charge in [-0.25, -0.2) is 4.90 Å². The van der Waals surface area contributed by atoms with Crippen LogP contribution in [0, 0.1) is 12.3 Å². The van der Waals surface area contributed by atoms with Gasteiger partial charge in [0.1, 0.15) is 4.99 Å². The van der Waals surface area contributed by atoms with E-state index in [1.54, 1.807) is 6.07 Å². The molecular weight excluding hydrogens is 284 g/mol. The van der Waals surface area contributed by atoms with Crippen LogP contribution in [-0.4, -0.2) is 16.8 Å². The number of hydrogen-bond donors (Lipinski definition) is 1. The minimum atomic E-state index is -0.478. The number of aryl methyl sites for hydroxylation is 1. The van der Waals surface area contributed by atoms with Gasteiger partial charge in [-0.15, -0.1) is 0 Å². The molecule has 1 aromatic carbocycles. The number of hydrogen-bond acceptors (Lipinski definition) is 3. The lowest BCUT2D eigenvalue weighted by Crippen LogP contribution is -2.36. The number of nitrogens with two attached hydrogens (primary N) is 1. The van der Waals surface area contributed by atoms with E-state index in [1.165, 1.54) is 4.90 Å². The summed E-state index contributed by atoms with van der Waals surface area (Å²) in [6.07, 6.45) is 3.97. The van der Waals surface area contributed by atoms with Crippen LogP contribution in [0.1, 0.15) is 43.2 Å². The Morgan fingerprint density at radius 2 is 1.95 bits per heavy atom. The molecule has 0 atom stereocenters. The molecule has 0 radical (unpaired) electrons. The van der Waals surface area contributed by atoms with E-state index in [1.807, 2.05) is 19.1 Å². The molecule has 1 spiro atoms. The molecule has 2 N–H and O–H groups in total. The number of anilines is 1. The number of imide groups is 1. The van der Waals surface area contributed by atoms with E-state index >= 15 is 0 Å². The Morgan fingerprint density at radius 1 is 1.29 bits per heavy atom. The number of thiocarbonyl (C=S) groups is 1. The van der Waals surface area contributed by atoms with Gasteiger partial charge in [0.15, 0.2) is 0 Å². The van der Waals surface area contributed by atoms with Gasteiger partial charge in [0.2, 0.25) is 11.8 Å². The van der Waals surface area contributed by atoms with Crippen molar-refractivity contribution in [2.75, 3.05) is 4.90 Å². The Hall–Kier alpha value is -1.75. The van der Waals surface area contributed by atoms with Gasteiger partial charge in [-0.1, -0.05) is 37.2 Å². The van der Waals surface area contributed by atoms with Crippen LogP contribution in [0.5, 0.6) is 0 Å². The van der Waals surface area contributed by atoms with Gasteiger partial charge in [-0.2, -0.15) is 0 Å². The molecule has 1 heterocycles. The highest BCUT2D eigenvalue weighted by Crippen LogP contribution is 2.48. The Kier molecular flexibility index (Phi) is 3.32. The van der Waals surface area contributed by atoms with Crippen LogP contribution in [0.25, 0.3) is 0 Å². The number of benzene rings is 1. The second-order valence-corrected chi connectivity index (χ2v) is 6.47. The van der Waals surface area contributed by atoms with Crippen molar-refractivity contribution in [2.24, 2.45) is 11.1 Å². The van der Waals surface area contributed by atoms with Crippen molar-refractivity contribution in [3.63, 3.8) is 0 Å². The minimum Gasteiger partial charge on any atom is -0.389 e. The van der Waals surface area contributed by atoms with E-state index in [0.29, 0.717) is 17.7 Å². The SMILES string of the molecule is Cc1cccc(N2C(=O)CC3(CCCC3)C2=O)c1C(N)=S. The second kappa shape index (κ2) is 4.91.